The van der Waals surface area contributed by atoms with Crippen LogP contribution in [0.1, 0.15) is 41.9 Å². The normalized spacial score (nSPS) is 16.0. The molecule has 2 aromatic heterocycles. The number of nitrogens with one attached hydrogen (secondary N) is 1. The van der Waals surface area contributed by atoms with Crippen LogP contribution >= 0.6 is 0 Å². The van der Waals surface area contributed by atoms with Gasteiger partial charge in [0, 0.05) is 36.3 Å². The van der Waals surface area contributed by atoms with Gasteiger partial charge in [0.05, 0.1) is 24.8 Å². The first-order chi connectivity index (χ1) is 15.8. The summed E-state index contributed by atoms with van der Waals surface area (Å²) in [5.74, 6) is -0.631. The average molecular weight is 458 g/mol. The Morgan fingerprint density at radius 3 is 2.58 bits per heavy atom. The van der Waals surface area contributed by atoms with Crippen LogP contribution in [0.25, 0.3) is 10.8 Å². The Morgan fingerprint density at radius 2 is 1.94 bits per heavy atom. The van der Waals surface area contributed by atoms with Crippen molar-refractivity contribution in [2.24, 2.45) is 5.92 Å². The van der Waals surface area contributed by atoms with Crippen molar-refractivity contribution in [2.75, 3.05) is 25.1 Å². The van der Waals surface area contributed by atoms with E-state index in [0.717, 1.165) is 16.5 Å². The predicted octanol–water partition coefficient (Wildman–Crippen LogP) is 4.91. The molecule has 1 fully saturated rings. The van der Waals surface area contributed by atoms with Gasteiger partial charge in [-0.15, -0.1) is 0 Å². The minimum absolute atomic E-state index is 0.0236. The van der Waals surface area contributed by atoms with Gasteiger partial charge in [0.2, 0.25) is 5.88 Å². The number of hydrogen-bond donors (Lipinski definition) is 1. The largest absolute Gasteiger partial charge is 0.481 e. The molecule has 0 bridgehead atoms. The Labute approximate surface area is 189 Å². The first-order valence-corrected chi connectivity index (χ1v) is 10.8. The molecule has 1 aromatic carbocycles. The van der Waals surface area contributed by atoms with E-state index in [9.17, 15) is 18.0 Å². The number of pyridine rings is 2. The third-order valence-electron chi connectivity index (χ3n) is 6.00. The summed E-state index contributed by atoms with van der Waals surface area (Å²) in [6.07, 6.45) is -2.46. The van der Waals surface area contributed by atoms with Crippen molar-refractivity contribution in [2.45, 2.75) is 32.0 Å². The number of halogens is 3. The monoisotopic (exact) mass is 458 g/mol. The van der Waals surface area contributed by atoms with Gasteiger partial charge in [0.15, 0.2) is 0 Å². The number of fused-ring (bicyclic) bond motifs is 1. The van der Waals surface area contributed by atoms with Crippen molar-refractivity contribution in [3.8, 4) is 5.88 Å². The molecule has 0 spiro atoms. The number of aromatic nitrogens is 2. The summed E-state index contributed by atoms with van der Waals surface area (Å²) in [4.78, 5) is 23.5. The van der Waals surface area contributed by atoms with Crippen molar-refractivity contribution in [1.29, 1.82) is 0 Å². The van der Waals surface area contributed by atoms with E-state index >= 15 is 0 Å². The predicted molar refractivity (Wildman–Crippen MR) is 119 cm³/mol. The summed E-state index contributed by atoms with van der Waals surface area (Å²) >= 11 is 0. The van der Waals surface area contributed by atoms with Gasteiger partial charge in [-0.2, -0.15) is 18.2 Å². The number of carbonyl (C=O) groups excluding carboxylic acids is 1. The maximum absolute atomic E-state index is 13.1. The molecule has 1 N–H and O–H groups in total. The molecule has 0 radical (unpaired) electrons. The Bertz CT molecular complexity index is 1130. The Hall–Kier alpha value is -3.36. The van der Waals surface area contributed by atoms with Crippen LogP contribution in [0.3, 0.4) is 0 Å². The standard InChI is InChI=1S/C24H25F3N4O2/c1-15(20-5-3-4-10-28-20)29-23(32)16-6-7-19-17(13-16)14-21(33-2)30-22(19)31-11-8-18(9-12-31)24(25,26)27/h3-7,10,13-15,18H,8-9,11-12H2,1-2H3,(H,29,32). The van der Waals surface area contributed by atoms with E-state index < -0.39 is 12.1 Å². The van der Waals surface area contributed by atoms with Gasteiger partial charge in [0.25, 0.3) is 5.91 Å². The lowest BCUT2D eigenvalue weighted by molar-refractivity contribution is -0.179. The summed E-state index contributed by atoms with van der Waals surface area (Å²) in [5.41, 5.74) is 1.21. The lowest BCUT2D eigenvalue weighted by Gasteiger charge is -2.34. The Balaban J connectivity index is 1.59. The molecule has 0 saturated carbocycles. The van der Waals surface area contributed by atoms with E-state index in [-0.39, 0.29) is 37.9 Å². The van der Waals surface area contributed by atoms with Crippen molar-refractivity contribution < 1.29 is 22.7 Å². The minimum Gasteiger partial charge on any atom is -0.481 e. The second-order valence-corrected chi connectivity index (χ2v) is 8.18. The topological polar surface area (TPSA) is 67.3 Å². The van der Waals surface area contributed by atoms with Crippen molar-refractivity contribution >= 4 is 22.5 Å². The fraction of sp³-hybridized carbons (Fsp3) is 0.375. The molecule has 3 aromatic rings. The summed E-state index contributed by atoms with van der Waals surface area (Å²) in [6.45, 7) is 2.36. The number of hydrogen-bond acceptors (Lipinski definition) is 5. The summed E-state index contributed by atoms with van der Waals surface area (Å²) in [5, 5.41) is 4.43. The van der Waals surface area contributed by atoms with Gasteiger partial charge in [-0.05, 0) is 55.5 Å². The molecule has 4 rings (SSSR count). The lowest BCUT2D eigenvalue weighted by Crippen LogP contribution is -2.39. The van der Waals surface area contributed by atoms with E-state index in [0.29, 0.717) is 17.3 Å². The van der Waals surface area contributed by atoms with Crippen LogP contribution in [0.15, 0.2) is 48.7 Å². The molecule has 1 aliphatic heterocycles. The number of nitrogens with zero attached hydrogens (tertiary/aromatic N) is 3. The Morgan fingerprint density at radius 1 is 1.18 bits per heavy atom. The maximum Gasteiger partial charge on any atom is 0.391 e. The van der Waals surface area contributed by atoms with Crippen LogP contribution < -0.4 is 15.0 Å². The molecular weight excluding hydrogens is 433 g/mol. The molecule has 3 heterocycles. The first kappa shape index (κ1) is 22.8. The highest BCUT2D eigenvalue weighted by Crippen LogP contribution is 2.37. The molecule has 1 saturated heterocycles. The van der Waals surface area contributed by atoms with E-state index in [1.54, 1.807) is 30.5 Å². The van der Waals surface area contributed by atoms with E-state index in [1.807, 2.05) is 30.0 Å². The highest BCUT2D eigenvalue weighted by molar-refractivity contribution is 6.01. The third-order valence-corrected chi connectivity index (χ3v) is 6.00. The number of piperidine rings is 1. The van der Waals surface area contributed by atoms with Crippen LogP contribution in [0.5, 0.6) is 5.88 Å². The average Bonchev–Trinajstić information content (AvgIpc) is 2.83. The summed E-state index contributed by atoms with van der Waals surface area (Å²) in [7, 11) is 1.49. The molecular formula is C24H25F3N4O2. The number of benzene rings is 1. The molecule has 1 atom stereocenters. The minimum atomic E-state index is -4.18. The number of anilines is 1. The molecule has 6 nitrogen and oxygen atoms in total. The number of alkyl halides is 3. The highest BCUT2D eigenvalue weighted by atomic mass is 19.4. The second-order valence-electron chi connectivity index (χ2n) is 8.18. The van der Waals surface area contributed by atoms with Gasteiger partial charge in [-0.3, -0.25) is 9.78 Å². The Kier molecular flexibility index (Phi) is 6.40. The molecule has 1 amide bonds. The van der Waals surface area contributed by atoms with Gasteiger partial charge in [0.1, 0.15) is 5.82 Å². The van der Waals surface area contributed by atoms with Crippen molar-refractivity contribution in [3.63, 3.8) is 0 Å². The lowest BCUT2D eigenvalue weighted by atomic mass is 9.96. The van der Waals surface area contributed by atoms with E-state index in [1.165, 1.54) is 7.11 Å². The van der Waals surface area contributed by atoms with Crippen LogP contribution in [0.2, 0.25) is 0 Å². The zero-order valence-corrected chi connectivity index (χ0v) is 18.4. The zero-order valence-electron chi connectivity index (χ0n) is 18.4. The highest BCUT2D eigenvalue weighted by Gasteiger charge is 2.41. The van der Waals surface area contributed by atoms with Crippen LogP contribution in [-0.2, 0) is 0 Å². The molecule has 0 aliphatic carbocycles. The summed E-state index contributed by atoms with van der Waals surface area (Å²) < 4.78 is 44.5. The van der Waals surface area contributed by atoms with Gasteiger partial charge in [-0.25, -0.2) is 0 Å². The smallest absolute Gasteiger partial charge is 0.391 e. The zero-order chi connectivity index (χ0) is 23.6. The van der Waals surface area contributed by atoms with Gasteiger partial charge >= 0.3 is 6.18 Å². The SMILES string of the molecule is COc1cc2cc(C(=O)NC(C)c3ccccn3)ccc2c(N2CCC(C(F)(F)F)CC2)n1. The van der Waals surface area contributed by atoms with Crippen LogP contribution in [-0.4, -0.2) is 42.3 Å². The molecule has 1 aliphatic rings. The number of rotatable bonds is 5. The van der Waals surface area contributed by atoms with Crippen LogP contribution in [0.4, 0.5) is 19.0 Å². The first-order valence-electron chi connectivity index (χ1n) is 10.8. The quantitative estimate of drug-likeness (QED) is 0.589. The number of ether oxygens (including phenoxy) is 1. The maximum atomic E-state index is 13.1. The molecule has 174 valence electrons. The third kappa shape index (κ3) is 5.02. The summed E-state index contributed by atoms with van der Waals surface area (Å²) in [6, 6.07) is 12.2. The van der Waals surface area contributed by atoms with Gasteiger partial charge < -0.3 is 15.0 Å². The van der Waals surface area contributed by atoms with Crippen molar-refractivity contribution in [1.82, 2.24) is 15.3 Å². The van der Waals surface area contributed by atoms with Gasteiger partial charge in [-0.1, -0.05) is 6.07 Å². The number of methoxy groups -OCH3 is 1. The molecule has 1 unspecified atom stereocenters. The number of amides is 1. The van der Waals surface area contributed by atoms with E-state index in [2.05, 4.69) is 15.3 Å². The van der Waals surface area contributed by atoms with Crippen molar-refractivity contribution in [3.05, 3.63) is 59.9 Å². The second kappa shape index (κ2) is 9.25. The molecule has 9 heteroatoms. The fourth-order valence-corrected chi connectivity index (χ4v) is 4.11. The van der Waals surface area contributed by atoms with Crippen LogP contribution in [0, 0.1) is 5.92 Å². The fourth-order valence-electron chi connectivity index (χ4n) is 4.11. The van der Waals surface area contributed by atoms with E-state index in [4.69, 9.17) is 4.74 Å². The molecule has 33 heavy (non-hydrogen) atoms. The number of carbonyl (C=O) groups is 1.